The van der Waals surface area contributed by atoms with Gasteiger partial charge in [0, 0.05) is 38.2 Å². The van der Waals surface area contributed by atoms with Gasteiger partial charge < -0.3 is 47.9 Å². The first-order valence-corrected chi connectivity index (χ1v) is 28.2. The predicted molar refractivity (Wildman–Crippen MR) is 316 cm³/mol. The standard InChI is InChI=1S/3C21H23FN4O3/c3*1-12-3-6-18(14-4-5-17(22)13(2)7-14)26(11-12)21(29)20(28)25-16-8-15(19(23)27)9-24-10-16/h3*4-5,7-10,12,18H,3,6,11H2,1-2H3,(H2,23,27)(H,25,28)/t2*12-,18+;/m10./s1. The molecule has 3 saturated heterocycles. The molecule has 3 fully saturated rings. The molecule has 0 saturated carbocycles. The Kier molecular flexibility index (Phi) is 21.4. The van der Waals surface area contributed by atoms with E-state index in [0.717, 1.165) is 36.0 Å². The van der Waals surface area contributed by atoms with Crippen LogP contribution in [0.15, 0.2) is 110 Å². The molecule has 6 atom stereocenters. The maximum absolute atomic E-state index is 13.7. The number of primary amides is 3. The van der Waals surface area contributed by atoms with Crippen molar-refractivity contribution in [1.82, 2.24) is 29.7 Å². The Morgan fingerprint density at radius 2 is 0.655 bits per heavy atom. The van der Waals surface area contributed by atoms with Crippen molar-refractivity contribution < 1.29 is 56.3 Å². The SMILES string of the molecule is Cc1cc(C2CCC(C)CN2C(=O)C(=O)Nc2cncc(C(N)=O)c2)ccc1F.Cc1cc([C@@H]2CC[C@@H](C)CN2C(=O)C(=O)Nc2cncc(C(N)=O)c2)ccc1F.Cc1cc([C@H]2CC[C@H](C)CN2C(=O)C(=O)Nc2cncc(C(N)=O)c2)ccc1F. The number of pyridine rings is 3. The number of aryl methyl sites for hydroxylation is 3. The quantitative estimate of drug-likeness (QED) is 0.0759. The van der Waals surface area contributed by atoms with Gasteiger partial charge in [0.05, 0.1) is 70.5 Å². The van der Waals surface area contributed by atoms with E-state index in [-0.39, 0.29) is 87.1 Å². The Hall–Kier alpha value is -9.87. The molecule has 87 heavy (non-hydrogen) atoms. The highest BCUT2D eigenvalue weighted by Crippen LogP contribution is 2.37. The molecule has 6 aromatic rings. The zero-order chi connectivity index (χ0) is 63.4. The van der Waals surface area contributed by atoms with Crippen LogP contribution in [0.2, 0.25) is 0 Å². The van der Waals surface area contributed by atoms with Crippen LogP contribution in [0.25, 0.3) is 0 Å². The number of aromatic nitrogens is 3. The largest absolute Gasteiger partial charge is 0.366 e. The highest BCUT2D eigenvalue weighted by molar-refractivity contribution is 6.40. The summed E-state index contributed by atoms with van der Waals surface area (Å²) in [5.41, 5.74) is 20.5. The summed E-state index contributed by atoms with van der Waals surface area (Å²) in [4.78, 5) is 127. The molecule has 3 aliphatic rings. The zero-order valence-electron chi connectivity index (χ0n) is 48.9. The summed E-state index contributed by atoms with van der Waals surface area (Å²) in [5, 5.41) is 7.44. The van der Waals surface area contributed by atoms with Crippen molar-refractivity contribution in [2.75, 3.05) is 35.6 Å². The lowest BCUT2D eigenvalue weighted by Crippen LogP contribution is -2.46. The van der Waals surface area contributed by atoms with Gasteiger partial charge in [-0.1, -0.05) is 57.2 Å². The first-order valence-electron chi connectivity index (χ1n) is 28.2. The van der Waals surface area contributed by atoms with Crippen LogP contribution in [0.4, 0.5) is 30.2 Å². The fourth-order valence-corrected chi connectivity index (χ4v) is 10.7. The van der Waals surface area contributed by atoms with E-state index in [1.54, 1.807) is 57.2 Å². The van der Waals surface area contributed by atoms with Gasteiger partial charge in [-0.2, -0.15) is 0 Å². The van der Waals surface area contributed by atoms with Gasteiger partial charge in [-0.15, -0.1) is 0 Å². The number of halogens is 3. The van der Waals surface area contributed by atoms with Gasteiger partial charge in [-0.3, -0.25) is 58.1 Å². The second kappa shape index (κ2) is 28.8. The number of rotatable bonds is 9. The number of hydrogen-bond donors (Lipinski definition) is 6. The summed E-state index contributed by atoms with van der Waals surface area (Å²) >= 11 is 0. The molecule has 24 heteroatoms. The number of nitrogens with zero attached hydrogens (tertiary/aromatic N) is 6. The van der Waals surface area contributed by atoms with Gasteiger partial charge in [0.1, 0.15) is 17.5 Å². The lowest BCUT2D eigenvalue weighted by Gasteiger charge is -2.38. The van der Waals surface area contributed by atoms with Gasteiger partial charge in [0.15, 0.2) is 0 Å². The summed E-state index contributed by atoms with van der Waals surface area (Å²) in [5.74, 6) is -6.80. The van der Waals surface area contributed by atoms with E-state index in [9.17, 15) is 56.3 Å². The van der Waals surface area contributed by atoms with E-state index < -0.39 is 53.2 Å². The van der Waals surface area contributed by atoms with Crippen LogP contribution in [0.3, 0.4) is 0 Å². The number of benzene rings is 3. The van der Waals surface area contributed by atoms with Crippen LogP contribution >= 0.6 is 0 Å². The normalized spacial score (nSPS) is 18.9. The van der Waals surface area contributed by atoms with E-state index in [4.69, 9.17) is 17.2 Å². The van der Waals surface area contributed by atoms with Gasteiger partial charge in [0.2, 0.25) is 17.7 Å². The summed E-state index contributed by atoms with van der Waals surface area (Å²) in [6.45, 7) is 12.3. The molecule has 0 radical (unpaired) electrons. The van der Waals surface area contributed by atoms with E-state index in [1.807, 2.05) is 20.8 Å². The number of likely N-dealkylation sites (tertiary alicyclic amines) is 3. The number of anilines is 3. The number of carbonyl (C=O) groups is 9. The molecule has 9 N–H and O–H groups in total. The smallest absolute Gasteiger partial charge is 0.313 e. The second-order valence-corrected chi connectivity index (χ2v) is 22.3. The molecule has 21 nitrogen and oxygen atoms in total. The van der Waals surface area contributed by atoms with Crippen molar-refractivity contribution in [3.05, 3.63) is 178 Å². The Balaban J connectivity index is 0.000000186. The monoisotopic (exact) mass is 1190 g/mol. The van der Waals surface area contributed by atoms with E-state index >= 15 is 0 Å². The van der Waals surface area contributed by atoms with Gasteiger partial charge in [0.25, 0.3) is 0 Å². The number of piperidine rings is 3. The molecule has 0 spiro atoms. The van der Waals surface area contributed by atoms with Crippen molar-refractivity contribution in [1.29, 1.82) is 0 Å². The maximum atomic E-state index is 13.7. The number of carbonyl (C=O) groups excluding carboxylic acids is 9. The van der Waals surface area contributed by atoms with Crippen molar-refractivity contribution in [2.45, 2.75) is 98.2 Å². The van der Waals surface area contributed by atoms with E-state index in [2.05, 4.69) is 30.9 Å². The number of amides is 9. The van der Waals surface area contributed by atoms with Crippen LogP contribution in [-0.2, 0) is 28.8 Å². The average molecular weight is 1200 g/mol. The van der Waals surface area contributed by atoms with Crippen LogP contribution in [-0.4, -0.2) is 102 Å². The van der Waals surface area contributed by atoms with Crippen molar-refractivity contribution in [2.24, 2.45) is 35.0 Å². The van der Waals surface area contributed by atoms with Gasteiger partial charge in [-0.05, 0) is 147 Å². The Labute approximate surface area is 500 Å². The third-order valence-corrected chi connectivity index (χ3v) is 15.4. The lowest BCUT2D eigenvalue weighted by molar-refractivity contribution is -0.146. The highest BCUT2D eigenvalue weighted by atomic mass is 19.1. The average Bonchev–Trinajstić information content (AvgIpc) is 2.15. The molecule has 6 heterocycles. The molecular formula is C63H69F3N12O9. The first-order chi connectivity index (χ1) is 41.3. The summed E-state index contributed by atoms with van der Waals surface area (Å²) in [6, 6.07) is 17.4. The molecule has 9 amide bonds. The topological polar surface area (TPSA) is 316 Å². The summed E-state index contributed by atoms with van der Waals surface area (Å²) < 4.78 is 41.0. The lowest BCUT2D eigenvalue weighted by atomic mass is 9.89. The maximum Gasteiger partial charge on any atom is 0.313 e. The van der Waals surface area contributed by atoms with Crippen molar-refractivity contribution >= 4 is 70.2 Å². The predicted octanol–water partition coefficient (Wildman–Crippen LogP) is 7.70. The third kappa shape index (κ3) is 16.7. The van der Waals surface area contributed by atoms with Crippen molar-refractivity contribution in [3.8, 4) is 0 Å². The van der Waals surface area contributed by atoms with Crippen LogP contribution in [0.5, 0.6) is 0 Å². The molecule has 3 aromatic carbocycles. The fraction of sp³-hybridized carbons (Fsp3) is 0.333. The minimum Gasteiger partial charge on any atom is -0.366 e. The van der Waals surface area contributed by atoms with Crippen LogP contribution in [0.1, 0.15) is 142 Å². The van der Waals surface area contributed by atoms with Crippen LogP contribution < -0.4 is 33.2 Å². The molecule has 3 aromatic heterocycles. The number of hydrogen-bond acceptors (Lipinski definition) is 12. The van der Waals surface area contributed by atoms with Gasteiger partial charge >= 0.3 is 35.4 Å². The van der Waals surface area contributed by atoms with Crippen molar-refractivity contribution in [3.63, 3.8) is 0 Å². The molecule has 0 aliphatic carbocycles. The fourth-order valence-electron chi connectivity index (χ4n) is 10.7. The van der Waals surface area contributed by atoms with E-state index in [0.29, 0.717) is 55.6 Å². The molecule has 0 bridgehead atoms. The summed E-state index contributed by atoms with van der Waals surface area (Å²) in [6.07, 6.45) is 12.6. The Bertz CT molecular complexity index is 3260. The van der Waals surface area contributed by atoms with Gasteiger partial charge in [-0.25, -0.2) is 13.2 Å². The van der Waals surface area contributed by atoms with E-state index in [1.165, 1.54) is 88.3 Å². The molecule has 9 rings (SSSR count). The Morgan fingerprint density at radius 3 is 0.885 bits per heavy atom. The third-order valence-electron chi connectivity index (χ3n) is 15.4. The number of nitrogens with one attached hydrogen (secondary N) is 3. The molecule has 2 unspecified atom stereocenters. The molecular weight excluding hydrogens is 1130 g/mol. The molecule has 3 aliphatic heterocycles. The minimum atomic E-state index is -0.827. The molecule has 456 valence electrons. The Morgan fingerprint density at radius 1 is 0.402 bits per heavy atom. The highest BCUT2D eigenvalue weighted by Gasteiger charge is 2.37. The first kappa shape index (κ1) is 64.7. The second-order valence-electron chi connectivity index (χ2n) is 22.3. The van der Waals surface area contributed by atoms with Crippen LogP contribution in [0, 0.1) is 56.0 Å². The summed E-state index contributed by atoms with van der Waals surface area (Å²) in [7, 11) is 0. The number of nitrogens with two attached hydrogens (primary N) is 3. The zero-order valence-corrected chi connectivity index (χ0v) is 48.9. The minimum absolute atomic E-state index is 0.126.